The van der Waals surface area contributed by atoms with Gasteiger partial charge in [0.25, 0.3) is 0 Å². The number of carbonyl (C=O) groups excluding carboxylic acids is 1. The van der Waals surface area contributed by atoms with E-state index in [2.05, 4.69) is 26.7 Å². The van der Waals surface area contributed by atoms with Gasteiger partial charge in [0, 0.05) is 38.1 Å². The first kappa shape index (κ1) is 15.0. The predicted octanol–water partition coefficient (Wildman–Crippen LogP) is 2.69. The van der Waals surface area contributed by atoms with Gasteiger partial charge in [-0.2, -0.15) is 0 Å². The maximum atomic E-state index is 11.4. The van der Waals surface area contributed by atoms with Crippen LogP contribution in [0.15, 0.2) is 18.3 Å². The monoisotopic (exact) mass is 332 g/mol. The minimum atomic E-state index is 0.137. The van der Waals surface area contributed by atoms with E-state index in [-0.39, 0.29) is 5.91 Å². The van der Waals surface area contributed by atoms with Crippen LogP contribution in [0.5, 0.6) is 0 Å². The minimum absolute atomic E-state index is 0.137. The number of rotatable bonds is 3. The lowest BCUT2D eigenvalue weighted by Crippen LogP contribution is -2.49. The van der Waals surface area contributed by atoms with Crippen LogP contribution in [0.3, 0.4) is 0 Å². The zero-order valence-corrected chi connectivity index (χ0v) is 14.1. The van der Waals surface area contributed by atoms with Crippen LogP contribution in [-0.2, 0) is 11.3 Å². The number of fused-ring (bicyclic) bond motifs is 1. The lowest BCUT2D eigenvalue weighted by atomic mass is 10.1. The first-order valence-electron chi connectivity index (χ1n) is 8.25. The second-order valence-electron chi connectivity index (χ2n) is 6.63. The normalized spacial score (nSPS) is 19.5. The molecule has 4 rings (SSSR count). The number of amides is 1. The Kier molecular flexibility index (Phi) is 3.77. The molecule has 6 heteroatoms. The summed E-state index contributed by atoms with van der Waals surface area (Å²) in [5.74, 6) is 0.137. The second kappa shape index (κ2) is 5.80. The lowest BCUT2D eigenvalue weighted by molar-refractivity contribution is -0.134. The molecule has 0 unspecified atom stereocenters. The van der Waals surface area contributed by atoms with Gasteiger partial charge in [0.2, 0.25) is 5.91 Å². The number of likely N-dealkylation sites (tertiary alicyclic amines) is 2. The molecule has 0 radical (unpaired) electrons. The van der Waals surface area contributed by atoms with Gasteiger partial charge in [-0.25, -0.2) is 4.98 Å². The summed E-state index contributed by atoms with van der Waals surface area (Å²) in [6.07, 6.45) is 4.65. The van der Waals surface area contributed by atoms with E-state index in [0.29, 0.717) is 11.2 Å². The highest BCUT2D eigenvalue weighted by atomic mass is 35.5. The van der Waals surface area contributed by atoms with Gasteiger partial charge in [-0.15, -0.1) is 0 Å². The summed E-state index contributed by atoms with van der Waals surface area (Å²) in [4.78, 5) is 20.3. The Morgan fingerprint density at radius 3 is 2.78 bits per heavy atom. The fourth-order valence-corrected chi connectivity index (χ4v) is 3.87. The van der Waals surface area contributed by atoms with Crippen molar-refractivity contribution >= 4 is 28.5 Å². The Morgan fingerprint density at radius 2 is 2.09 bits per heavy atom. The molecule has 0 spiro atoms. The van der Waals surface area contributed by atoms with Crippen molar-refractivity contribution in [3.63, 3.8) is 0 Å². The van der Waals surface area contributed by atoms with E-state index < -0.39 is 0 Å². The molecule has 5 nitrogen and oxygen atoms in total. The van der Waals surface area contributed by atoms with Crippen LogP contribution in [0.1, 0.15) is 31.4 Å². The Morgan fingerprint density at radius 1 is 1.35 bits per heavy atom. The molecule has 0 saturated carbocycles. The van der Waals surface area contributed by atoms with Crippen molar-refractivity contribution in [2.75, 3.05) is 26.2 Å². The van der Waals surface area contributed by atoms with E-state index in [4.69, 9.17) is 11.6 Å². The first-order valence-corrected chi connectivity index (χ1v) is 8.63. The SMILES string of the molecule is CC(=O)N1CC(n2ccc3c(CN4CCCC4)cc(Cl)nc32)C1. The number of hydrogen-bond acceptors (Lipinski definition) is 3. The van der Waals surface area contributed by atoms with Gasteiger partial charge in [-0.3, -0.25) is 9.69 Å². The number of carbonyl (C=O) groups is 1. The molecule has 4 heterocycles. The zero-order chi connectivity index (χ0) is 16.0. The fourth-order valence-electron chi connectivity index (χ4n) is 3.66. The van der Waals surface area contributed by atoms with Gasteiger partial charge in [0.15, 0.2) is 0 Å². The molecule has 0 atom stereocenters. The third-order valence-corrected chi connectivity index (χ3v) is 5.23. The fraction of sp³-hybridized carbons (Fsp3) is 0.529. The van der Waals surface area contributed by atoms with Gasteiger partial charge in [-0.05, 0) is 43.6 Å². The Bertz CT molecular complexity index is 744. The van der Waals surface area contributed by atoms with Crippen molar-refractivity contribution in [1.82, 2.24) is 19.4 Å². The van der Waals surface area contributed by atoms with E-state index in [1.807, 2.05) is 11.0 Å². The summed E-state index contributed by atoms with van der Waals surface area (Å²) in [6.45, 7) is 6.40. The average Bonchev–Trinajstić information content (AvgIpc) is 3.07. The van der Waals surface area contributed by atoms with Gasteiger partial charge in [0.1, 0.15) is 10.8 Å². The molecule has 122 valence electrons. The molecule has 2 aliphatic heterocycles. The smallest absolute Gasteiger partial charge is 0.219 e. The first-order chi connectivity index (χ1) is 11.1. The molecule has 1 amide bonds. The summed E-state index contributed by atoms with van der Waals surface area (Å²) in [6, 6.07) is 4.44. The van der Waals surface area contributed by atoms with Crippen LogP contribution >= 0.6 is 11.6 Å². The standard InChI is InChI=1S/C17H21ClN4O/c1-12(23)21-10-14(11-21)22-7-4-15-13(8-16(18)19-17(15)22)9-20-5-2-3-6-20/h4,7-8,14H,2-3,5-6,9-11H2,1H3. The maximum Gasteiger partial charge on any atom is 0.219 e. The molecule has 2 aromatic rings. The minimum Gasteiger partial charge on any atom is -0.339 e. The molecular weight excluding hydrogens is 312 g/mol. The second-order valence-corrected chi connectivity index (χ2v) is 7.01. The molecule has 2 fully saturated rings. The van der Waals surface area contributed by atoms with Crippen LogP contribution in [0, 0.1) is 0 Å². The molecule has 2 saturated heterocycles. The highest BCUT2D eigenvalue weighted by molar-refractivity contribution is 6.29. The molecular formula is C17H21ClN4O. The summed E-state index contributed by atoms with van der Waals surface area (Å²) in [5.41, 5.74) is 2.20. The van der Waals surface area contributed by atoms with Crippen molar-refractivity contribution in [3.8, 4) is 0 Å². The predicted molar refractivity (Wildman–Crippen MR) is 90.5 cm³/mol. The van der Waals surface area contributed by atoms with Crippen LogP contribution in [0.25, 0.3) is 11.0 Å². The number of hydrogen-bond donors (Lipinski definition) is 0. The highest BCUT2D eigenvalue weighted by Crippen LogP contribution is 2.30. The summed E-state index contributed by atoms with van der Waals surface area (Å²) >= 11 is 6.28. The van der Waals surface area contributed by atoms with Crippen LogP contribution in [-0.4, -0.2) is 51.4 Å². The number of nitrogens with zero attached hydrogens (tertiary/aromatic N) is 4. The molecule has 23 heavy (non-hydrogen) atoms. The topological polar surface area (TPSA) is 41.4 Å². The van der Waals surface area contributed by atoms with Gasteiger partial charge < -0.3 is 9.47 Å². The van der Waals surface area contributed by atoms with Gasteiger partial charge >= 0.3 is 0 Å². The van der Waals surface area contributed by atoms with Crippen molar-refractivity contribution in [2.45, 2.75) is 32.4 Å². The molecule has 2 aliphatic rings. The van der Waals surface area contributed by atoms with Crippen LogP contribution in [0.4, 0.5) is 0 Å². The van der Waals surface area contributed by atoms with Crippen molar-refractivity contribution in [3.05, 3.63) is 29.0 Å². The lowest BCUT2D eigenvalue weighted by Gasteiger charge is -2.39. The van der Waals surface area contributed by atoms with E-state index in [1.165, 1.54) is 36.9 Å². The Labute approximate surface area is 140 Å². The van der Waals surface area contributed by atoms with Gasteiger partial charge in [-0.1, -0.05) is 11.6 Å². The van der Waals surface area contributed by atoms with E-state index >= 15 is 0 Å². The van der Waals surface area contributed by atoms with Crippen LogP contribution in [0.2, 0.25) is 5.15 Å². The maximum absolute atomic E-state index is 11.4. The average molecular weight is 333 g/mol. The van der Waals surface area contributed by atoms with Crippen molar-refractivity contribution < 1.29 is 4.79 Å². The molecule has 0 aliphatic carbocycles. The van der Waals surface area contributed by atoms with Gasteiger partial charge in [0.05, 0.1) is 6.04 Å². The molecule has 0 bridgehead atoms. The largest absolute Gasteiger partial charge is 0.339 e. The molecule has 0 aromatic carbocycles. The van der Waals surface area contributed by atoms with Crippen molar-refractivity contribution in [2.24, 2.45) is 0 Å². The summed E-state index contributed by atoms with van der Waals surface area (Å²) in [7, 11) is 0. The third-order valence-electron chi connectivity index (χ3n) is 5.03. The van der Waals surface area contributed by atoms with E-state index in [0.717, 1.165) is 25.3 Å². The van der Waals surface area contributed by atoms with E-state index in [1.54, 1.807) is 6.92 Å². The Hall–Kier alpha value is -1.59. The third kappa shape index (κ3) is 2.72. The number of aromatic nitrogens is 2. The molecule has 0 N–H and O–H groups in total. The number of pyridine rings is 1. The Balaban J connectivity index is 1.63. The quantitative estimate of drug-likeness (QED) is 0.811. The summed E-state index contributed by atoms with van der Waals surface area (Å²) < 4.78 is 2.17. The van der Waals surface area contributed by atoms with E-state index in [9.17, 15) is 4.79 Å². The summed E-state index contributed by atoms with van der Waals surface area (Å²) in [5, 5.41) is 1.73. The highest BCUT2D eigenvalue weighted by Gasteiger charge is 2.31. The number of halogens is 1. The van der Waals surface area contributed by atoms with Crippen LogP contribution < -0.4 is 0 Å². The van der Waals surface area contributed by atoms with Crippen molar-refractivity contribution in [1.29, 1.82) is 0 Å². The molecule has 2 aromatic heterocycles. The zero-order valence-electron chi connectivity index (χ0n) is 13.3.